The van der Waals surface area contributed by atoms with Gasteiger partial charge >= 0.3 is 0 Å². The molecule has 0 saturated heterocycles. The summed E-state index contributed by atoms with van der Waals surface area (Å²) in [4.78, 5) is 34.0. The van der Waals surface area contributed by atoms with Crippen molar-refractivity contribution in [1.29, 1.82) is 0 Å². The molecule has 1 atom stereocenters. The number of aromatic nitrogens is 3. The highest BCUT2D eigenvalue weighted by molar-refractivity contribution is 8.00. The molecule has 1 heterocycles. The standard InChI is InChI=1S/C19H18N6O4S/c1-12(18(27)22-14-6-8-16(9-7-14)25(28)29)30-19-23-20-11-24(19)17-5-3-4-15(10-17)21-13(2)26/h3-12H,1-2H3,(H,21,26)(H,22,27). The van der Waals surface area contributed by atoms with E-state index >= 15 is 0 Å². The number of nitrogens with one attached hydrogen (secondary N) is 2. The molecule has 30 heavy (non-hydrogen) atoms. The molecule has 2 aromatic carbocycles. The van der Waals surface area contributed by atoms with Crippen molar-refractivity contribution < 1.29 is 14.5 Å². The zero-order chi connectivity index (χ0) is 21.7. The number of anilines is 2. The number of rotatable bonds is 7. The van der Waals surface area contributed by atoms with Gasteiger partial charge in [0.05, 0.1) is 15.9 Å². The van der Waals surface area contributed by atoms with Crippen LogP contribution in [0.25, 0.3) is 5.69 Å². The minimum absolute atomic E-state index is 0.0509. The lowest BCUT2D eigenvalue weighted by atomic mass is 10.2. The number of carbonyl (C=O) groups excluding carboxylic acids is 2. The molecule has 10 nitrogen and oxygen atoms in total. The van der Waals surface area contributed by atoms with Gasteiger partial charge in [0, 0.05) is 30.4 Å². The van der Waals surface area contributed by atoms with E-state index in [2.05, 4.69) is 20.8 Å². The predicted octanol–water partition coefficient (Wildman–Crippen LogP) is 3.25. The Bertz CT molecular complexity index is 1080. The van der Waals surface area contributed by atoms with Gasteiger partial charge in [-0.3, -0.25) is 24.3 Å². The molecule has 0 aliphatic carbocycles. The van der Waals surface area contributed by atoms with E-state index in [1.54, 1.807) is 29.7 Å². The monoisotopic (exact) mass is 426 g/mol. The number of amides is 2. The zero-order valence-corrected chi connectivity index (χ0v) is 16.9. The SMILES string of the molecule is CC(=O)Nc1cccc(-n2cnnc2SC(C)C(=O)Nc2ccc([N+](=O)[O-])cc2)c1. The first-order valence-electron chi connectivity index (χ1n) is 8.83. The predicted molar refractivity (Wildman–Crippen MR) is 113 cm³/mol. The lowest BCUT2D eigenvalue weighted by Gasteiger charge is -2.13. The number of hydrogen-bond acceptors (Lipinski definition) is 7. The largest absolute Gasteiger partial charge is 0.326 e. The second-order valence-electron chi connectivity index (χ2n) is 6.27. The summed E-state index contributed by atoms with van der Waals surface area (Å²) in [5, 5.41) is 24.1. The van der Waals surface area contributed by atoms with Gasteiger partial charge in [-0.1, -0.05) is 17.8 Å². The van der Waals surface area contributed by atoms with Crippen LogP contribution in [0.4, 0.5) is 17.1 Å². The molecule has 154 valence electrons. The highest BCUT2D eigenvalue weighted by Gasteiger charge is 2.19. The molecule has 3 aromatic rings. The number of nitro groups is 1. The fraction of sp³-hybridized carbons (Fsp3) is 0.158. The van der Waals surface area contributed by atoms with Gasteiger partial charge < -0.3 is 10.6 Å². The fourth-order valence-corrected chi connectivity index (χ4v) is 3.38. The first-order chi connectivity index (χ1) is 14.3. The average molecular weight is 426 g/mol. The van der Waals surface area contributed by atoms with Crippen molar-refractivity contribution in [3.63, 3.8) is 0 Å². The fourth-order valence-electron chi connectivity index (χ4n) is 2.54. The molecule has 0 saturated carbocycles. The molecule has 1 unspecified atom stereocenters. The molecular weight excluding hydrogens is 408 g/mol. The Labute approximate surface area is 175 Å². The molecule has 0 fully saturated rings. The molecular formula is C19H18N6O4S. The maximum absolute atomic E-state index is 12.5. The smallest absolute Gasteiger partial charge is 0.269 e. The van der Waals surface area contributed by atoms with E-state index in [-0.39, 0.29) is 17.5 Å². The van der Waals surface area contributed by atoms with E-state index in [0.717, 1.165) is 5.69 Å². The highest BCUT2D eigenvalue weighted by Crippen LogP contribution is 2.26. The Morgan fingerprint density at radius 2 is 1.87 bits per heavy atom. The van der Waals surface area contributed by atoms with E-state index < -0.39 is 10.2 Å². The third-order valence-electron chi connectivity index (χ3n) is 3.96. The number of benzene rings is 2. The average Bonchev–Trinajstić information content (AvgIpc) is 3.16. The van der Waals surface area contributed by atoms with Crippen LogP contribution in [0.15, 0.2) is 60.0 Å². The van der Waals surface area contributed by atoms with Crippen LogP contribution in [-0.4, -0.2) is 36.8 Å². The summed E-state index contributed by atoms with van der Waals surface area (Å²) in [6.07, 6.45) is 1.52. The van der Waals surface area contributed by atoms with E-state index in [9.17, 15) is 19.7 Å². The maximum atomic E-state index is 12.5. The summed E-state index contributed by atoms with van der Waals surface area (Å²) in [5.74, 6) is -0.461. The zero-order valence-electron chi connectivity index (χ0n) is 16.1. The summed E-state index contributed by atoms with van der Waals surface area (Å²) < 4.78 is 1.71. The summed E-state index contributed by atoms with van der Waals surface area (Å²) in [6.45, 7) is 3.15. The number of carbonyl (C=O) groups is 2. The first kappa shape index (κ1) is 21.0. The van der Waals surface area contributed by atoms with Crippen molar-refractivity contribution in [2.24, 2.45) is 0 Å². The van der Waals surface area contributed by atoms with Crippen LogP contribution < -0.4 is 10.6 Å². The highest BCUT2D eigenvalue weighted by atomic mass is 32.2. The quantitative estimate of drug-likeness (QED) is 0.337. The number of nitrogens with zero attached hydrogens (tertiary/aromatic N) is 4. The second-order valence-corrected chi connectivity index (χ2v) is 7.58. The topological polar surface area (TPSA) is 132 Å². The van der Waals surface area contributed by atoms with Gasteiger partial charge in [0.15, 0.2) is 5.16 Å². The van der Waals surface area contributed by atoms with Crippen molar-refractivity contribution in [1.82, 2.24) is 14.8 Å². The van der Waals surface area contributed by atoms with E-state index in [1.807, 2.05) is 6.07 Å². The Kier molecular flexibility index (Phi) is 6.42. The summed E-state index contributed by atoms with van der Waals surface area (Å²) in [6, 6.07) is 12.8. The van der Waals surface area contributed by atoms with Crippen LogP contribution in [0.3, 0.4) is 0 Å². The van der Waals surface area contributed by atoms with Crippen molar-refractivity contribution in [3.05, 3.63) is 65.0 Å². The van der Waals surface area contributed by atoms with Crippen LogP contribution in [-0.2, 0) is 9.59 Å². The minimum atomic E-state index is -0.512. The Morgan fingerprint density at radius 1 is 1.13 bits per heavy atom. The Balaban J connectivity index is 1.70. The van der Waals surface area contributed by atoms with Gasteiger partial charge in [0.25, 0.3) is 5.69 Å². The van der Waals surface area contributed by atoms with Gasteiger partial charge in [-0.25, -0.2) is 0 Å². The van der Waals surface area contributed by atoms with Gasteiger partial charge in [0.1, 0.15) is 6.33 Å². The lowest BCUT2D eigenvalue weighted by Crippen LogP contribution is -2.22. The van der Waals surface area contributed by atoms with E-state index in [1.165, 1.54) is 49.3 Å². The summed E-state index contributed by atoms with van der Waals surface area (Å²) in [5.41, 5.74) is 1.78. The molecule has 0 bridgehead atoms. The molecule has 3 rings (SSSR count). The third-order valence-corrected chi connectivity index (χ3v) is 5.02. The van der Waals surface area contributed by atoms with E-state index in [4.69, 9.17) is 0 Å². The van der Waals surface area contributed by atoms with Crippen molar-refractivity contribution in [2.45, 2.75) is 24.3 Å². The second kappa shape index (κ2) is 9.18. The number of thioether (sulfide) groups is 1. The van der Waals surface area contributed by atoms with E-state index in [0.29, 0.717) is 16.5 Å². The van der Waals surface area contributed by atoms with Crippen LogP contribution in [0, 0.1) is 10.1 Å². The maximum Gasteiger partial charge on any atom is 0.269 e. The van der Waals surface area contributed by atoms with Crippen molar-refractivity contribution >= 4 is 40.6 Å². The molecule has 0 aliphatic rings. The van der Waals surface area contributed by atoms with Gasteiger partial charge in [-0.05, 0) is 37.3 Å². The summed E-state index contributed by atoms with van der Waals surface area (Å²) >= 11 is 1.21. The first-order valence-corrected chi connectivity index (χ1v) is 9.71. The van der Waals surface area contributed by atoms with Crippen LogP contribution in [0.5, 0.6) is 0 Å². The summed E-state index contributed by atoms with van der Waals surface area (Å²) in [7, 11) is 0. The number of non-ortho nitro benzene ring substituents is 1. The molecule has 1 aromatic heterocycles. The van der Waals surface area contributed by atoms with Crippen LogP contribution in [0.2, 0.25) is 0 Å². The van der Waals surface area contributed by atoms with Crippen molar-refractivity contribution in [3.8, 4) is 5.69 Å². The molecule has 2 N–H and O–H groups in total. The molecule has 2 amide bonds. The molecule has 0 radical (unpaired) electrons. The number of nitro benzene ring substituents is 1. The van der Waals surface area contributed by atoms with Gasteiger partial charge in [-0.2, -0.15) is 0 Å². The Hall–Kier alpha value is -3.73. The molecule has 0 aliphatic heterocycles. The lowest BCUT2D eigenvalue weighted by molar-refractivity contribution is -0.384. The van der Waals surface area contributed by atoms with Crippen molar-refractivity contribution in [2.75, 3.05) is 10.6 Å². The van der Waals surface area contributed by atoms with Crippen LogP contribution >= 0.6 is 11.8 Å². The molecule has 0 spiro atoms. The number of hydrogen-bond donors (Lipinski definition) is 2. The van der Waals surface area contributed by atoms with Crippen LogP contribution in [0.1, 0.15) is 13.8 Å². The minimum Gasteiger partial charge on any atom is -0.326 e. The van der Waals surface area contributed by atoms with Gasteiger partial charge in [-0.15, -0.1) is 10.2 Å². The Morgan fingerprint density at radius 3 is 2.53 bits per heavy atom. The normalized spacial score (nSPS) is 11.5. The van der Waals surface area contributed by atoms with Gasteiger partial charge in [0.2, 0.25) is 11.8 Å². The molecule has 11 heteroatoms. The third kappa shape index (κ3) is 5.20.